The van der Waals surface area contributed by atoms with Crippen LogP contribution in [0.1, 0.15) is 18.7 Å². The van der Waals surface area contributed by atoms with Crippen LogP contribution in [-0.4, -0.2) is 21.6 Å². The normalized spacial score (nSPS) is 12.4. The molecule has 1 aromatic carbocycles. The van der Waals surface area contributed by atoms with E-state index < -0.39 is 11.4 Å². The minimum absolute atomic E-state index is 0.0213. The Morgan fingerprint density at radius 2 is 2.05 bits per heavy atom. The van der Waals surface area contributed by atoms with E-state index in [1.807, 2.05) is 0 Å². The van der Waals surface area contributed by atoms with Crippen LogP contribution in [0.3, 0.4) is 0 Å². The molecular formula is C13H14FN3O2. The first-order valence-electron chi connectivity index (χ1n) is 5.82. The minimum Gasteiger partial charge on any atom is -0.493 e. The third kappa shape index (κ3) is 2.63. The zero-order valence-electron chi connectivity index (χ0n) is 10.4. The number of rotatable bonds is 3. The Morgan fingerprint density at radius 3 is 2.58 bits per heavy atom. The topological polar surface area (TPSA) is 92.0 Å². The van der Waals surface area contributed by atoms with E-state index in [0.29, 0.717) is 17.9 Å². The number of benzene rings is 1. The summed E-state index contributed by atoms with van der Waals surface area (Å²) in [6.07, 6.45) is 0. The van der Waals surface area contributed by atoms with E-state index in [1.165, 1.54) is 24.3 Å². The first-order chi connectivity index (χ1) is 9.02. The lowest BCUT2D eigenvalue weighted by molar-refractivity contribution is 0.447. The molecule has 0 aliphatic rings. The largest absolute Gasteiger partial charge is 0.493 e. The predicted octanol–water partition coefficient (Wildman–Crippen LogP) is 1.34. The lowest BCUT2D eigenvalue weighted by atomic mass is 10.1. The molecule has 1 unspecified atom stereocenters. The molecule has 2 rings (SSSR count). The zero-order chi connectivity index (χ0) is 14.0. The van der Waals surface area contributed by atoms with Crippen molar-refractivity contribution in [3.63, 3.8) is 0 Å². The van der Waals surface area contributed by atoms with Gasteiger partial charge < -0.3 is 15.8 Å². The summed E-state index contributed by atoms with van der Waals surface area (Å²) in [5.74, 6) is -0.636. The average Bonchev–Trinajstić information content (AvgIpc) is 2.39. The van der Waals surface area contributed by atoms with Gasteiger partial charge in [-0.25, -0.2) is 4.39 Å². The van der Waals surface area contributed by atoms with Crippen LogP contribution in [0.4, 0.5) is 4.39 Å². The first-order valence-corrected chi connectivity index (χ1v) is 5.82. The molecule has 19 heavy (non-hydrogen) atoms. The number of nitrogens with zero attached hydrogens (tertiary/aromatic N) is 1. The number of aromatic nitrogens is 2. The number of hydrogen-bond donors (Lipinski definition) is 3. The maximum absolute atomic E-state index is 12.8. The number of aromatic hydroxyl groups is 1. The van der Waals surface area contributed by atoms with Crippen molar-refractivity contribution >= 4 is 0 Å². The van der Waals surface area contributed by atoms with Crippen molar-refractivity contribution in [3.8, 4) is 17.0 Å². The van der Waals surface area contributed by atoms with Crippen molar-refractivity contribution in [2.24, 2.45) is 5.73 Å². The fourth-order valence-corrected chi connectivity index (χ4v) is 1.70. The fraction of sp³-hybridized carbons (Fsp3) is 0.231. The van der Waals surface area contributed by atoms with E-state index in [1.54, 1.807) is 6.92 Å². The molecule has 1 heterocycles. The summed E-state index contributed by atoms with van der Waals surface area (Å²) in [6.45, 7) is 2.09. The van der Waals surface area contributed by atoms with E-state index in [0.717, 1.165) is 0 Å². The molecule has 0 bridgehead atoms. The maximum atomic E-state index is 12.8. The third-order valence-corrected chi connectivity index (χ3v) is 2.87. The van der Waals surface area contributed by atoms with Gasteiger partial charge in [-0.3, -0.25) is 4.79 Å². The van der Waals surface area contributed by atoms with Crippen molar-refractivity contribution in [3.05, 3.63) is 46.3 Å². The van der Waals surface area contributed by atoms with Gasteiger partial charge in [-0.15, -0.1) is 0 Å². The molecule has 0 radical (unpaired) electrons. The van der Waals surface area contributed by atoms with Crippen molar-refractivity contribution in [2.45, 2.75) is 12.8 Å². The van der Waals surface area contributed by atoms with Crippen LogP contribution in [0.25, 0.3) is 11.1 Å². The lowest BCUT2D eigenvalue weighted by Gasteiger charge is -2.10. The van der Waals surface area contributed by atoms with Crippen molar-refractivity contribution < 1.29 is 9.50 Å². The summed E-state index contributed by atoms with van der Waals surface area (Å²) < 4.78 is 12.8. The van der Waals surface area contributed by atoms with Crippen LogP contribution >= 0.6 is 0 Å². The molecule has 0 saturated carbocycles. The number of aromatic amines is 1. The van der Waals surface area contributed by atoms with Gasteiger partial charge in [0.1, 0.15) is 17.2 Å². The standard InChI is InChI=1S/C13H14FN3O2/c1-7(6-15)11-16-12(18)10(13(19)17-11)8-2-4-9(14)5-3-8/h2-5,7H,6,15H2,1H3,(H2,16,17,18,19). The Kier molecular flexibility index (Phi) is 3.62. The quantitative estimate of drug-likeness (QED) is 0.779. The van der Waals surface area contributed by atoms with Gasteiger partial charge in [0.05, 0.1) is 0 Å². The highest BCUT2D eigenvalue weighted by Crippen LogP contribution is 2.24. The van der Waals surface area contributed by atoms with Crippen LogP contribution in [0.15, 0.2) is 29.1 Å². The third-order valence-electron chi connectivity index (χ3n) is 2.87. The monoisotopic (exact) mass is 263 g/mol. The Balaban J connectivity index is 2.54. The number of nitrogens with one attached hydrogen (secondary N) is 1. The summed E-state index contributed by atoms with van der Waals surface area (Å²) in [7, 11) is 0. The van der Waals surface area contributed by atoms with Crippen molar-refractivity contribution in [1.82, 2.24) is 9.97 Å². The van der Waals surface area contributed by atoms with E-state index in [9.17, 15) is 14.3 Å². The molecule has 2 aromatic rings. The number of halogens is 1. The predicted molar refractivity (Wildman–Crippen MR) is 69.4 cm³/mol. The highest BCUT2D eigenvalue weighted by Gasteiger charge is 2.15. The Hall–Kier alpha value is -2.21. The lowest BCUT2D eigenvalue weighted by Crippen LogP contribution is -2.19. The van der Waals surface area contributed by atoms with Gasteiger partial charge in [0.2, 0.25) is 5.88 Å². The molecule has 0 spiro atoms. The van der Waals surface area contributed by atoms with Crippen LogP contribution in [0.2, 0.25) is 0 Å². The molecule has 5 nitrogen and oxygen atoms in total. The molecular weight excluding hydrogens is 249 g/mol. The second kappa shape index (κ2) is 5.19. The Morgan fingerprint density at radius 1 is 1.42 bits per heavy atom. The molecule has 0 saturated heterocycles. The number of hydrogen-bond acceptors (Lipinski definition) is 4. The summed E-state index contributed by atoms with van der Waals surface area (Å²) in [6, 6.07) is 5.25. The minimum atomic E-state index is -0.477. The van der Waals surface area contributed by atoms with Gasteiger partial charge >= 0.3 is 0 Å². The molecule has 0 amide bonds. The van der Waals surface area contributed by atoms with Gasteiger partial charge in [-0.1, -0.05) is 19.1 Å². The van der Waals surface area contributed by atoms with Crippen LogP contribution in [0, 0.1) is 5.82 Å². The van der Waals surface area contributed by atoms with Crippen LogP contribution in [-0.2, 0) is 0 Å². The highest BCUT2D eigenvalue weighted by atomic mass is 19.1. The molecule has 1 atom stereocenters. The van der Waals surface area contributed by atoms with Gasteiger partial charge in [-0.2, -0.15) is 4.98 Å². The number of H-pyrrole nitrogens is 1. The summed E-state index contributed by atoms with van der Waals surface area (Å²) in [5, 5.41) is 9.87. The average molecular weight is 263 g/mol. The molecule has 6 heteroatoms. The molecule has 4 N–H and O–H groups in total. The van der Waals surface area contributed by atoms with Gasteiger partial charge in [0, 0.05) is 12.5 Å². The molecule has 100 valence electrons. The smallest absolute Gasteiger partial charge is 0.262 e. The van der Waals surface area contributed by atoms with Crippen LogP contribution in [0.5, 0.6) is 5.88 Å². The number of nitrogens with two attached hydrogens (primary N) is 1. The van der Waals surface area contributed by atoms with Gasteiger partial charge in [0.25, 0.3) is 5.56 Å². The van der Waals surface area contributed by atoms with E-state index in [2.05, 4.69) is 9.97 Å². The van der Waals surface area contributed by atoms with E-state index in [4.69, 9.17) is 5.73 Å². The van der Waals surface area contributed by atoms with E-state index in [-0.39, 0.29) is 17.4 Å². The maximum Gasteiger partial charge on any atom is 0.262 e. The summed E-state index contributed by atoms with van der Waals surface area (Å²) >= 11 is 0. The molecule has 0 aliphatic heterocycles. The van der Waals surface area contributed by atoms with Gasteiger partial charge in [0.15, 0.2) is 0 Å². The Labute approximate surface area is 108 Å². The Bertz CT molecular complexity index is 637. The second-order valence-corrected chi connectivity index (χ2v) is 4.29. The molecule has 1 aromatic heterocycles. The zero-order valence-corrected chi connectivity index (χ0v) is 10.4. The van der Waals surface area contributed by atoms with Crippen molar-refractivity contribution in [1.29, 1.82) is 0 Å². The van der Waals surface area contributed by atoms with Crippen molar-refractivity contribution in [2.75, 3.05) is 6.54 Å². The van der Waals surface area contributed by atoms with Crippen LogP contribution < -0.4 is 11.3 Å². The van der Waals surface area contributed by atoms with E-state index >= 15 is 0 Å². The highest BCUT2D eigenvalue weighted by molar-refractivity contribution is 5.67. The SMILES string of the molecule is CC(CN)c1nc(O)c(-c2ccc(F)cc2)c(=O)[nH]1. The molecule has 0 fully saturated rings. The summed E-state index contributed by atoms with van der Waals surface area (Å²) in [4.78, 5) is 18.5. The van der Waals surface area contributed by atoms with Gasteiger partial charge in [-0.05, 0) is 17.7 Å². The molecule has 0 aliphatic carbocycles. The first kappa shape index (κ1) is 13.2. The summed E-state index contributed by atoms with van der Waals surface area (Å²) in [5.41, 5.74) is 5.43. The fourth-order valence-electron chi connectivity index (χ4n) is 1.70. The second-order valence-electron chi connectivity index (χ2n) is 4.29.